The molecule has 2 rings (SSSR count). The molecule has 1 heterocycles. The lowest BCUT2D eigenvalue weighted by Gasteiger charge is -2.08. The number of rotatable bonds is 1. The van der Waals surface area contributed by atoms with E-state index in [4.69, 9.17) is 11.6 Å². The molecule has 84 valence electrons. The Morgan fingerprint density at radius 3 is 2.31 bits per heavy atom. The summed E-state index contributed by atoms with van der Waals surface area (Å²) in [6.07, 6.45) is 0. The van der Waals surface area contributed by atoms with Gasteiger partial charge in [-0.2, -0.15) is 5.10 Å². The third-order valence-corrected chi connectivity index (χ3v) is 3.31. The second-order valence-corrected chi connectivity index (χ2v) is 4.56. The highest BCUT2D eigenvalue weighted by molar-refractivity contribution is 6.30. The van der Waals surface area contributed by atoms with Crippen molar-refractivity contribution in [1.29, 1.82) is 0 Å². The van der Waals surface area contributed by atoms with Crippen LogP contribution in [0.25, 0.3) is 5.69 Å². The summed E-state index contributed by atoms with van der Waals surface area (Å²) in [6.45, 7) is 8.12. The van der Waals surface area contributed by atoms with Crippen LogP contribution < -0.4 is 0 Å². The van der Waals surface area contributed by atoms with Crippen LogP contribution in [0.5, 0.6) is 0 Å². The van der Waals surface area contributed by atoms with E-state index in [9.17, 15) is 0 Å². The first kappa shape index (κ1) is 11.2. The Bertz CT molecular complexity index is 541. The fraction of sp³-hybridized carbons (Fsp3) is 0.308. The molecule has 0 spiro atoms. The number of aryl methyl sites for hydroxylation is 3. The molecule has 0 saturated heterocycles. The molecule has 1 aromatic carbocycles. The molecule has 0 aliphatic carbocycles. The van der Waals surface area contributed by atoms with Crippen LogP contribution in [0.3, 0.4) is 0 Å². The van der Waals surface area contributed by atoms with E-state index in [2.05, 4.69) is 37.1 Å². The van der Waals surface area contributed by atoms with Gasteiger partial charge in [0, 0.05) is 5.56 Å². The fourth-order valence-corrected chi connectivity index (χ4v) is 2.05. The van der Waals surface area contributed by atoms with E-state index in [0.717, 1.165) is 16.9 Å². The highest BCUT2D eigenvalue weighted by Crippen LogP contribution is 2.24. The van der Waals surface area contributed by atoms with E-state index in [-0.39, 0.29) is 0 Å². The zero-order chi connectivity index (χ0) is 11.9. The van der Waals surface area contributed by atoms with Crippen molar-refractivity contribution in [3.8, 4) is 5.69 Å². The van der Waals surface area contributed by atoms with Crippen molar-refractivity contribution in [2.24, 2.45) is 0 Å². The molecule has 0 unspecified atom stereocenters. The van der Waals surface area contributed by atoms with E-state index in [0.29, 0.717) is 5.15 Å². The monoisotopic (exact) mass is 234 g/mol. The summed E-state index contributed by atoms with van der Waals surface area (Å²) >= 11 is 6.26. The lowest BCUT2D eigenvalue weighted by Crippen LogP contribution is -1.99. The molecule has 2 aromatic rings. The summed E-state index contributed by atoms with van der Waals surface area (Å²) in [5.74, 6) is 0. The summed E-state index contributed by atoms with van der Waals surface area (Å²) in [6, 6.07) is 6.27. The van der Waals surface area contributed by atoms with Crippen LogP contribution in [0.1, 0.15) is 22.4 Å². The average Bonchev–Trinajstić information content (AvgIpc) is 2.46. The minimum Gasteiger partial charge on any atom is -0.221 e. The average molecular weight is 235 g/mol. The predicted octanol–water partition coefficient (Wildman–Crippen LogP) is 3.76. The van der Waals surface area contributed by atoms with Crippen LogP contribution in [0.15, 0.2) is 18.2 Å². The van der Waals surface area contributed by atoms with E-state index in [1.165, 1.54) is 11.1 Å². The lowest BCUT2D eigenvalue weighted by atomic mass is 10.1. The van der Waals surface area contributed by atoms with Gasteiger partial charge in [-0.25, -0.2) is 4.68 Å². The first-order valence-electron chi connectivity index (χ1n) is 5.30. The third kappa shape index (κ3) is 1.74. The Morgan fingerprint density at radius 1 is 1.12 bits per heavy atom. The van der Waals surface area contributed by atoms with Gasteiger partial charge in [0.15, 0.2) is 0 Å². The number of hydrogen-bond donors (Lipinski definition) is 0. The molecule has 0 bridgehead atoms. The molecule has 1 aromatic heterocycles. The fourth-order valence-electron chi connectivity index (χ4n) is 1.78. The van der Waals surface area contributed by atoms with Crippen molar-refractivity contribution in [3.05, 3.63) is 45.7 Å². The van der Waals surface area contributed by atoms with Crippen LogP contribution in [0.2, 0.25) is 5.15 Å². The van der Waals surface area contributed by atoms with Crippen LogP contribution >= 0.6 is 11.6 Å². The maximum Gasteiger partial charge on any atom is 0.136 e. The van der Waals surface area contributed by atoms with Gasteiger partial charge in [-0.15, -0.1) is 0 Å². The normalized spacial score (nSPS) is 10.8. The highest BCUT2D eigenvalue weighted by Gasteiger charge is 2.12. The number of nitrogens with zero attached hydrogens (tertiary/aromatic N) is 2. The Labute approximate surface area is 101 Å². The Hall–Kier alpha value is -1.28. The summed E-state index contributed by atoms with van der Waals surface area (Å²) in [7, 11) is 0. The second kappa shape index (κ2) is 3.95. The zero-order valence-electron chi connectivity index (χ0n) is 10.0. The van der Waals surface area contributed by atoms with Crippen molar-refractivity contribution >= 4 is 11.6 Å². The smallest absolute Gasteiger partial charge is 0.136 e. The minimum atomic E-state index is 0.699. The minimum absolute atomic E-state index is 0.699. The molecule has 2 nitrogen and oxygen atoms in total. The number of aromatic nitrogens is 2. The molecular weight excluding hydrogens is 220 g/mol. The van der Waals surface area contributed by atoms with Crippen molar-refractivity contribution in [2.45, 2.75) is 27.7 Å². The van der Waals surface area contributed by atoms with E-state index >= 15 is 0 Å². The van der Waals surface area contributed by atoms with Gasteiger partial charge in [-0.3, -0.25) is 0 Å². The zero-order valence-corrected chi connectivity index (χ0v) is 10.8. The van der Waals surface area contributed by atoms with Gasteiger partial charge < -0.3 is 0 Å². The Balaban J connectivity index is 2.63. The lowest BCUT2D eigenvalue weighted by molar-refractivity contribution is 0.856. The van der Waals surface area contributed by atoms with Gasteiger partial charge in [0.1, 0.15) is 5.15 Å². The third-order valence-electron chi connectivity index (χ3n) is 2.87. The van der Waals surface area contributed by atoms with Crippen LogP contribution in [0, 0.1) is 27.7 Å². The van der Waals surface area contributed by atoms with Gasteiger partial charge in [0.25, 0.3) is 0 Å². The molecule has 0 atom stereocenters. The molecule has 0 aliphatic heterocycles. The van der Waals surface area contributed by atoms with Crippen molar-refractivity contribution < 1.29 is 0 Å². The SMILES string of the molecule is Cc1ccc(-n2nc(C)c(C)c2Cl)c(C)c1. The Morgan fingerprint density at radius 2 is 1.81 bits per heavy atom. The first-order chi connectivity index (χ1) is 7.50. The molecule has 0 amide bonds. The number of benzene rings is 1. The summed E-state index contributed by atoms with van der Waals surface area (Å²) in [5, 5.41) is 5.15. The molecule has 16 heavy (non-hydrogen) atoms. The molecule has 3 heteroatoms. The van der Waals surface area contributed by atoms with E-state index in [1.54, 1.807) is 4.68 Å². The maximum absolute atomic E-state index is 6.26. The molecule has 0 aliphatic rings. The summed E-state index contributed by atoms with van der Waals surface area (Å²) in [4.78, 5) is 0. The van der Waals surface area contributed by atoms with E-state index in [1.807, 2.05) is 13.8 Å². The number of hydrogen-bond acceptors (Lipinski definition) is 1. The molecule has 0 saturated carbocycles. The topological polar surface area (TPSA) is 17.8 Å². The van der Waals surface area contributed by atoms with Crippen molar-refractivity contribution in [3.63, 3.8) is 0 Å². The van der Waals surface area contributed by atoms with Gasteiger partial charge in [-0.05, 0) is 39.3 Å². The quantitative estimate of drug-likeness (QED) is 0.735. The number of halogens is 1. The summed E-state index contributed by atoms with van der Waals surface area (Å²) in [5.41, 5.74) is 5.50. The predicted molar refractivity (Wildman–Crippen MR) is 67.5 cm³/mol. The first-order valence-corrected chi connectivity index (χ1v) is 5.68. The van der Waals surface area contributed by atoms with Crippen LogP contribution in [-0.4, -0.2) is 9.78 Å². The highest BCUT2D eigenvalue weighted by atomic mass is 35.5. The van der Waals surface area contributed by atoms with Gasteiger partial charge in [-0.1, -0.05) is 29.3 Å². The molecule has 0 radical (unpaired) electrons. The van der Waals surface area contributed by atoms with Gasteiger partial charge in [0.2, 0.25) is 0 Å². The molecule has 0 N–H and O–H groups in total. The Kier molecular flexibility index (Phi) is 2.76. The van der Waals surface area contributed by atoms with E-state index < -0.39 is 0 Å². The summed E-state index contributed by atoms with van der Waals surface area (Å²) < 4.78 is 1.81. The second-order valence-electron chi connectivity index (χ2n) is 4.20. The largest absolute Gasteiger partial charge is 0.221 e. The standard InChI is InChI=1S/C13H15ClN2/c1-8-5-6-12(9(2)7-8)16-13(14)10(3)11(4)15-16/h5-7H,1-4H3. The molecular formula is C13H15ClN2. The van der Waals surface area contributed by atoms with Crippen LogP contribution in [0.4, 0.5) is 0 Å². The van der Waals surface area contributed by atoms with Crippen molar-refractivity contribution in [1.82, 2.24) is 9.78 Å². The van der Waals surface area contributed by atoms with Crippen LogP contribution in [-0.2, 0) is 0 Å². The van der Waals surface area contributed by atoms with Gasteiger partial charge >= 0.3 is 0 Å². The molecule has 0 fully saturated rings. The van der Waals surface area contributed by atoms with Crippen molar-refractivity contribution in [2.75, 3.05) is 0 Å². The van der Waals surface area contributed by atoms with Gasteiger partial charge in [0.05, 0.1) is 11.4 Å². The maximum atomic E-state index is 6.26.